The van der Waals surface area contributed by atoms with Crippen LogP contribution in [-0.2, 0) is 0 Å². The summed E-state index contributed by atoms with van der Waals surface area (Å²) in [6.07, 6.45) is 0. The molecule has 4 aromatic rings. The Balaban J connectivity index is 1.86. The molecule has 0 atom stereocenters. The topological polar surface area (TPSA) is 24.1 Å². The van der Waals surface area contributed by atoms with Crippen LogP contribution in [-0.4, -0.2) is 0 Å². The van der Waals surface area contributed by atoms with Gasteiger partial charge >= 0.3 is 0 Å². The summed E-state index contributed by atoms with van der Waals surface area (Å²) in [5, 5.41) is 7.34. The van der Waals surface area contributed by atoms with E-state index in [9.17, 15) is 0 Å². The molecule has 2 N–H and O–H groups in total. The van der Waals surface area contributed by atoms with Crippen molar-refractivity contribution in [3.8, 4) is 0 Å². The van der Waals surface area contributed by atoms with E-state index in [1.54, 1.807) is 0 Å². The Morgan fingerprint density at radius 3 is 1.10 bits per heavy atom. The Kier molecular flexibility index (Phi) is 5.95. The molecule has 0 unspecified atom stereocenters. The number of aryl methyl sites for hydroxylation is 2. The van der Waals surface area contributed by atoms with Crippen LogP contribution >= 0.6 is 0 Å². The molecule has 0 aliphatic rings. The van der Waals surface area contributed by atoms with Gasteiger partial charge in [0.2, 0.25) is 0 Å². The average Bonchev–Trinajstić information content (AvgIpc) is 2.80. The maximum Gasteiger partial charge on any atom is 0.0703 e. The van der Waals surface area contributed by atoms with E-state index in [-0.39, 0.29) is 0 Å². The summed E-state index contributed by atoms with van der Waals surface area (Å²) >= 11 is 0. The van der Waals surface area contributed by atoms with Crippen LogP contribution < -0.4 is 10.6 Å². The molecule has 0 fully saturated rings. The lowest BCUT2D eigenvalue weighted by molar-refractivity contribution is 1.43. The van der Waals surface area contributed by atoms with Gasteiger partial charge in [0.05, 0.1) is 11.4 Å². The molecule has 30 heavy (non-hydrogen) atoms. The molecule has 0 bridgehead atoms. The van der Waals surface area contributed by atoms with Crippen LogP contribution in [0.5, 0.6) is 0 Å². The summed E-state index contributed by atoms with van der Waals surface area (Å²) in [6.45, 7) is 4.21. The van der Waals surface area contributed by atoms with Gasteiger partial charge in [0.1, 0.15) is 0 Å². The smallest absolute Gasteiger partial charge is 0.0703 e. The first-order valence-corrected chi connectivity index (χ1v) is 10.2. The largest absolute Gasteiger partial charge is 0.353 e. The maximum absolute atomic E-state index is 3.67. The predicted octanol–water partition coefficient (Wildman–Crippen LogP) is 7.35. The highest BCUT2D eigenvalue weighted by molar-refractivity contribution is 5.99. The molecule has 0 saturated carbocycles. The second kappa shape index (κ2) is 9.15. The quantitative estimate of drug-likeness (QED) is 0.336. The van der Waals surface area contributed by atoms with Gasteiger partial charge in [-0.15, -0.1) is 0 Å². The van der Waals surface area contributed by atoms with Crippen LogP contribution in [0.25, 0.3) is 11.4 Å². The highest BCUT2D eigenvalue weighted by Crippen LogP contribution is 2.29. The van der Waals surface area contributed by atoms with E-state index in [0.717, 1.165) is 33.9 Å². The Labute approximate surface area is 178 Å². The molecule has 0 aromatic heterocycles. The second-order valence-corrected chi connectivity index (χ2v) is 7.46. The Morgan fingerprint density at radius 1 is 0.433 bits per heavy atom. The van der Waals surface area contributed by atoms with Gasteiger partial charge in [0, 0.05) is 22.5 Å². The van der Waals surface area contributed by atoms with Crippen molar-refractivity contribution in [1.29, 1.82) is 0 Å². The van der Waals surface area contributed by atoms with E-state index < -0.39 is 0 Å². The van der Waals surface area contributed by atoms with Gasteiger partial charge in [-0.3, -0.25) is 0 Å². The molecule has 0 aliphatic heterocycles. The number of nitrogens with one attached hydrogen (secondary N) is 2. The minimum atomic E-state index is 1.03. The maximum atomic E-state index is 3.67. The number of benzene rings is 4. The van der Waals surface area contributed by atoms with E-state index in [1.165, 1.54) is 11.1 Å². The molecular weight excluding hydrogens is 364 g/mol. The number of anilines is 2. The lowest BCUT2D eigenvalue weighted by atomic mass is 10.0. The van der Waals surface area contributed by atoms with Crippen molar-refractivity contribution in [2.45, 2.75) is 13.8 Å². The third-order valence-electron chi connectivity index (χ3n) is 5.02. The van der Waals surface area contributed by atoms with Crippen molar-refractivity contribution in [3.63, 3.8) is 0 Å². The Hall–Kier alpha value is -3.78. The van der Waals surface area contributed by atoms with Crippen LogP contribution in [0.2, 0.25) is 0 Å². The first-order chi connectivity index (χ1) is 14.7. The second-order valence-electron chi connectivity index (χ2n) is 7.46. The van der Waals surface area contributed by atoms with Gasteiger partial charge in [-0.25, -0.2) is 0 Å². The van der Waals surface area contributed by atoms with Crippen molar-refractivity contribution in [1.82, 2.24) is 0 Å². The van der Waals surface area contributed by atoms with Crippen molar-refractivity contribution in [2.75, 3.05) is 10.6 Å². The van der Waals surface area contributed by atoms with E-state index >= 15 is 0 Å². The zero-order valence-corrected chi connectivity index (χ0v) is 17.4. The van der Waals surface area contributed by atoms with Crippen LogP contribution in [0.3, 0.4) is 0 Å². The lowest BCUT2D eigenvalue weighted by Crippen LogP contribution is -2.09. The fourth-order valence-electron chi connectivity index (χ4n) is 3.33. The standard InChI is InChI=1S/C28H26N2/c1-21-13-17-25(18-14-21)29-27(23-9-5-3-6-10-23)28(24-11-7-4-8-12-24)30-26-19-15-22(2)16-20-26/h3-20,29-30H,1-2H3/b28-27+. The summed E-state index contributed by atoms with van der Waals surface area (Å²) < 4.78 is 0. The lowest BCUT2D eigenvalue weighted by Gasteiger charge is -2.20. The Bertz CT molecular complexity index is 1020. The fourth-order valence-corrected chi connectivity index (χ4v) is 3.33. The first-order valence-electron chi connectivity index (χ1n) is 10.2. The molecule has 0 aliphatic carbocycles. The predicted molar refractivity (Wildman–Crippen MR) is 129 cm³/mol. The van der Waals surface area contributed by atoms with Crippen LogP contribution in [0.4, 0.5) is 11.4 Å². The zero-order valence-electron chi connectivity index (χ0n) is 17.4. The fraction of sp³-hybridized carbons (Fsp3) is 0.0714. The summed E-state index contributed by atoms with van der Waals surface area (Å²) in [5.41, 5.74) is 8.90. The zero-order chi connectivity index (χ0) is 20.8. The molecule has 0 amide bonds. The molecule has 0 radical (unpaired) electrons. The van der Waals surface area contributed by atoms with Crippen LogP contribution in [0.15, 0.2) is 109 Å². The SMILES string of the molecule is Cc1ccc(N/C(=C(/Nc2ccc(C)cc2)c2ccccc2)c2ccccc2)cc1. The van der Waals surface area contributed by atoms with E-state index in [2.05, 4.69) is 122 Å². The number of hydrogen-bond donors (Lipinski definition) is 2. The summed E-state index contributed by atoms with van der Waals surface area (Å²) in [4.78, 5) is 0. The minimum absolute atomic E-state index is 1.03. The van der Waals surface area contributed by atoms with Crippen molar-refractivity contribution >= 4 is 22.8 Å². The van der Waals surface area contributed by atoms with Gasteiger partial charge in [-0.1, -0.05) is 96.1 Å². The summed E-state index contributed by atoms with van der Waals surface area (Å²) in [7, 11) is 0. The normalized spacial score (nSPS) is 11.5. The van der Waals surface area contributed by atoms with Crippen LogP contribution in [0.1, 0.15) is 22.3 Å². The van der Waals surface area contributed by atoms with Crippen molar-refractivity contribution < 1.29 is 0 Å². The molecular formula is C28H26N2. The highest BCUT2D eigenvalue weighted by Gasteiger charge is 2.13. The van der Waals surface area contributed by atoms with Gasteiger partial charge in [0.15, 0.2) is 0 Å². The van der Waals surface area contributed by atoms with E-state index in [1.807, 2.05) is 12.1 Å². The van der Waals surface area contributed by atoms with Gasteiger partial charge in [-0.05, 0) is 38.1 Å². The van der Waals surface area contributed by atoms with Gasteiger partial charge in [0.25, 0.3) is 0 Å². The van der Waals surface area contributed by atoms with E-state index in [4.69, 9.17) is 0 Å². The van der Waals surface area contributed by atoms with Gasteiger partial charge in [-0.2, -0.15) is 0 Å². The first kappa shape index (κ1) is 19.5. The molecule has 2 heteroatoms. The minimum Gasteiger partial charge on any atom is -0.353 e. The molecule has 148 valence electrons. The van der Waals surface area contributed by atoms with Crippen molar-refractivity contribution in [3.05, 3.63) is 131 Å². The monoisotopic (exact) mass is 390 g/mol. The number of rotatable bonds is 6. The molecule has 2 nitrogen and oxygen atoms in total. The molecule has 4 aromatic carbocycles. The van der Waals surface area contributed by atoms with Crippen LogP contribution in [0, 0.1) is 13.8 Å². The molecule has 0 heterocycles. The summed E-state index contributed by atoms with van der Waals surface area (Å²) in [5.74, 6) is 0. The third kappa shape index (κ3) is 4.79. The van der Waals surface area contributed by atoms with Crippen molar-refractivity contribution in [2.24, 2.45) is 0 Å². The molecule has 0 saturated heterocycles. The number of hydrogen-bond acceptors (Lipinski definition) is 2. The third-order valence-corrected chi connectivity index (χ3v) is 5.02. The Morgan fingerprint density at radius 2 is 0.767 bits per heavy atom. The molecule has 0 spiro atoms. The average molecular weight is 391 g/mol. The van der Waals surface area contributed by atoms with E-state index in [0.29, 0.717) is 0 Å². The molecule has 4 rings (SSSR count). The summed E-state index contributed by atoms with van der Waals surface area (Å²) in [6, 6.07) is 37.9. The van der Waals surface area contributed by atoms with Gasteiger partial charge < -0.3 is 10.6 Å². The highest BCUT2D eigenvalue weighted by atomic mass is 15.0.